The van der Waals surface area contributed by atoms with Crippen molar-refractivity contribution in [2.24, 2.45) is 5.92 Å². The standard InChI is InChI=1S/C26H35Cl2N5O4/c1-6-16(2)22(32-25(36)37-26(3,4)5)23(34)33(12-11-17-7-9-19(27)20(28)13-17)24(35)31-15-18-8-10-21(29)30-14-18/h7-10,13-14,16,22H,6,11-12,15H2,1-5H3,(H2,29,30)(H,31,35)(H,32,36). The van der Waals surface area contributed by atoms with Crippen LogP contribution in [0.4, 0.5) is 15.4 Å². The molecule has 0 saturated heterocycles. The molecule has 0 aliphatic rings. The molecule has 11 heteroatoms. The maximum atomic E-state index is 13.7. The second-order valence-electron chi connectivity index (χ2n) is 9.75. The van der Waals surface area contributed by atoms with Crippen molar-refractivity contribution >= 4 is 47.1 Å². The molecule has 1 aromatic carbocycles. The van der Waals surface area contributed by atoms with Crippen LogP contribution in [0.1, 0.15) is 52.2 Å². The zero-order valence-corrected chi connectivity index (χ0v) is 23.3. The number of ether oxygens (including phenoxy) is 1. The molecule has 1 aromatic heterocycles. The van der Waals surface area contributed by atoms with Crippen LogP contribution in [0.2, 0.25) is 10.0 Å². The third kappa shape index (κ3) is 9.74. The Labute approximate surface area is 228 Å². The maximum Gasteiger partial charge on any atom is 0.408 e. The highest BCUT2D eigenvalue weighted by molar-refractivity contribution is 6.42. The number of nitrogens with zero attached hydrogens (tertiary/aromatic N) is 2. The van der Waals surface area contributed by atoms with E-state index in [-0.39, 0.29) is 19.0 Å². The first-order valence-corrected chi connectivity index (χ1v) is 12.8. The van der Waals surface area contributed by atoms with Crippen molar-refractivity contribution in [2.75, 3.05) is 12.3 Å². The monoisotopic (exact) mass is 551 g/mol. The topological polar surface area (TPSA) is 127 Å². The number of hydrogen-bond donors (Lipinski definition) is 3. The highest BCUT2D eigenvalue weighted by Crippen LogP contribution is 2.23. The lowest BCUT2D eigenvalue weighted by Crippen LogP contribution is -2.56. The van der Waals surface area contributed by atoms with Crippen LogP contribution in [0.3, 0.4) is 0 Å². The molecule has 0 saturated carbocycles. The highest BCUT2D eigenvalue weighted by atomic mass is 35.5. The van der Waals surface area contributed by atoms with Crippen molar-refractivity contribution in [3.63, 3.8) is 0 Å². The van der Waals surface area contributed by atoms with E-state index in [1.165, 1.54) is 0 Å². The molecule has 2 rings (SSSR count). The largest absolute Gasteiger partial charge is 0.444 e. The smallest absolute Gasteiger partial charge is 0.408 e. The Bertz CT molecular complexity index is 1090. The van der Waals surface area contributed by atoms with Crippen molar-refractivity contribution in [1.82, 2.24) is 20.5 Å². The van der Waals surface area contributed by atoms with Crippen molar-refractivity contribution in [1.29, 1.82) is 0 Å². The van der Waals surface area contributed by atoms with Gasteiger partial charge in [0.05, 0.1) is 10.0 Å². The van der Waals surface area contributed by atoms with Crippen LogP contribution in [0.15, 0.2) is 36.5 Å². The van der Waals surface area contributed by atoms with Gasteiger partial charge in [-0.2, -0.15) is 0 Å². The molecule has 0 spiro atoms. The summed E-state index contributed by atoms with van der Waals surface area (Å²) in [6.07, 6.45) is 1.73. The van der Waals surface area contributed by atoms with Gasteiger partial charge < -0.3 is 21.1 Å². The molecule has 4 amide bonds. The number of hydrogen-bond acceptors (Lipinski definition) is 6. The van der Waals surface area contributed by atoms with Crippen LogP contribution in [-0.4, -0.2) is 46.1 Å². The molecule has 37 heavy (non-hydrogen) atoms. The molecule has 1 heterocycles. The number of anilines is 1. The second kappa shape index (κ2) is 13.5. The van der Waals surface area contributed by atoms with E-state index in [4.69, 9.17) is 33.7 Å². The Morgan fingerprint density at radius 2 is 1.78 bits per heavy atom. The van der Waals surface area contributed by atoms with Crippen LogP contribution in [0.5, 0.6) is 0 Å². The number of benzene rings is 1. The fourth-order valence-electron chi connectivity index (χ4n) is 3.35. The van der Waals surface area contributed by atoms with Gasteiger partial charge in [-0.15, -0.1) is 0 Å². The van der Waals surface area contributed by atoms with E-state index in [0.29, 0.717) is 34.3 Å². The van der Waals surface area contributed by atoms with E-state index < -0.39 is 29.7 Å². The number of nitrogens with two attached hydrogens (primary N) is 1. The number of pyridine rings is 1. The van der Waals surface area contributed by atoms with E-state index in [0.717, 1.165) is 10.5 Å². The molecule has 0 aliphatic heterocycles. The molecule has 9 nitrogen and oxygen atoms in total. The number of carbonyl (C=O) groups excluding carboxylic acids is 3. The number of urea groups is 1. The predicted octanol–water partition coefficient (Wildman–Crippen LogP) is 5.19. The molecule has 2 unspecified atom stereocenters. The van der Waals surface area contributed by atoms with Crippen molar-refractivity contribution in [3.8, 4) is 0 Å². The van der Waals surface area contributed by atoms with E-state index >= 15 is 0 Å². The molecule has 0 fully saturated rings. The molecule has 202 valence electrons. The number of alkyl carbamates (subject to hydrolysis) is 1. The summed E-state index contributed by atoms with van der Waals surface area (Å²) >= 11 is 12.2. The number of imide groups is 1. The van der Waals surface area contributed by atoms with Gasteiger partial charge in [0.25, 0.3) is 5.91 Å². The predicted molar refractivity (Wildman–Crippen MR) is 145 cm³/mol. The van der Waals surface area contributed by atoms with Gasteiger partial charge >= 0.3 is 12.1 Å². The number of nitrogen functional groups attached to an aromatic ring is 1. The quantitative estimate of drug-likeness (QED) is 0.393. The fourth-order valence-corrected chi connectivity index (χ4v) is 3.67. The normalized spacial score (nSPS) is 12.8. The Hall–Kier alpha value is -3.04. The summed E-state index contributed by atoms with van der Waals surface area (Å²) in [5, 5.41) is 6.20. The van der Waals surface area contributed by atoms with Crippen molar-refractivity contribution in [2.45, 2.75) is 65.6 Å². The van der Waals surface area contributed by atoms with Gasteiger partial charge in [-0.1, -0.05) is 55.6 Å². The Kier molecular flexibility index (Phi) is 11.0. The summed E-state index contributed by atoms with van der Waals surface area (Å²) in [5.74, 6) is -0.451. The Morgan fingerprint density at radius 1 is 1.11 bits per heavy atom. The average molecular weight is 553 g/mol. The number of rotatable bonds is 9. The minimum Gasteiger partial charge on any atom is -0.444 e. The van der Waals surface area contributed by atoms with Gasteiger partial charge in [-0.25, -0.2) is 14.6 Å². The van der Waals surface area contributed by atoms with Gasteiger partial charge in [0, 0.05) is 19.3 Å². The summed E-state index contributed by atoms with van der Waals surface area (Å²) in [6, 6.07) is 6.90. The lowest BCUT2D eigenvalue weighted by Gasteiger charge is -2.30. The van der Waals surface area contributed by atoms with Gasteiger partial charge in [0.15, 0.2) is 0 Å². The molecular weight excluding hydrogens is 517 g/mol. The van der Waals surface area contributed by atoms with E-state index in [2.05, 4.69) is 15.6 Å². The van der Waals surface area contributed by atoms with Crippen LogP contribution in [-0.2, 0) is 22.5 Å². The van der Waals surface area contributed by atoms with Gasteiger partial charge in [-0.3, -0.25) is 9.69 Å². The van der Waals surface area contributed by atoms with Crippen molar-refractivity contribution in [3.05, 3.63) is 57.7 Å². The molecular formula is C26H35Cl2N5O4. The van der Waals surface area contributed by atoms with Gasteiger partial charge in [0.1, 0.15) is 17.5 Å². The maximum absolute atomic E-state index is 13.7. The summed E-state index contributed by atoms with van der Waals surface area (Å²) in [4.78, 5) is 44.6. The summed E-state index contributed by atoms with van der Waals surface area (Å²) in [5.41, 5.74) is 6.39. The minimum absolute atomic E-state index is 0.0472. The van der Waals surface area contributed by atoms with Crippen LogP contribution in [0, 0.1) is 5.92 Å². The summed E-state index contributed by atoms with van der Waals surface area (Å²) < 4.78 is 5.36. The molecule has 4 N–H and O–H groups in total. The number of amides is 4. The zero-order valence-electron chi connectivity index (χ0n) is 21.8. The summed E-state index contributed by atoms with van der Waals surface area (Å²) in [7, 11) is 0. The number of halogens is 2. The molecule has 0 bridgehead atoms. The lowest BCUT2D eigenvalue weighted by atomic mass is 9.97. The molecule has 0 aliphatic carbocycles. The average Bonchev–Trinajstić information content (AvgIpc) is 2.82. The number of carbonyl (C=O) groups is 3. The number of aromatic nitrogens is 1. The molecule has 2 atom stereocenters. The lowest BCUT2D eigenvalue weighted by molar-refractivity contribution is -0.131. The van der Waals surface area contributed by atoms with Crippen LogP contribution < -0.4 is 16.4 Å². The van der Waals surface area contributed by atoms with Gasteiger partial charge in [0.2, 0.25) is 0 Å². The first-order valence-electron chi connectivity index (χ1n) is 12.0. The first-order chi connectivity index (χ1) is 17.3. The molecule has 2 aromatic rings. The third-order valence-corrected chi connectivity index (χ3v) is 6.30. The van der Waals surface area contributed by atoms with Crippen LogP contribution >= 0.6 is 23.2 Å². The van der Waals surface area contributed by atoms with Crippen LogP contribution in [0.25, 0.3) is 0 Å². The zero-order chi connectivity index (χ0) is 27.8. The first kappa shape index (κ1) is 30.2. The SMILES string of the molecule is CCC(C)C(NC(=O)OC(C)(C)C)C(=O)N(CCc1ccc(Cl)c(Cl)c1)C(=O)NCc1ccc(N)nc1. The summed E-state index contributed by atoms with van der Waals surface area (Å²) in [6.45, 7) is 9.10. The Balaban J connectivity index is 2.27. The third-order valence-electron chi connectivity index (χ3n) is 5.56. The minimum atomic E-state index is -0.974. The van der Waals surface area contributed by atoms with E-state index in [1.807, 2.05) is 13.8 Å². The van der Waals surface area contributed by atoms with Crippen molar-refractivity contribution < 1.29 is 19.1 Å². The van der Waals surface area contributed by atoms with E-state index in [1.54, 1.807) is 57.3 Å². The van der Waals surface area contributed by atoms with Gasteiger partial charge in [-0.05, 0) is 62.4 Å². The number of nitrogens with one attached hydrogen (secondary N) is 2. The fraction of sp³-hybridized carbons (Fsp3) is 0.462. The second-order valence-corrected chi connectivity index (χ2v) is 10.6. The van der Waals surface area contributed by atoms with E-state index in [9.17, 15) is 14.4 Å². The molecule has 0 radical (unpaired) electrons. The Morgan fingerprint density at radius 3 is 2.35 bits per heavy atom. The highest BCUT2D eigenvalue weighted by Gasteiger charge is 2.34.